The highest BCUT2D eigenvalue weighted by molar-refractivity contribution is 6.04. The second-order valence-corrected chi connectivity index (χ2v) is 7.65. The van der Waals surface area contributed by atoms with Crippen LogP contribution in [0.3, 0.4) is 0 Å². The van der Waals surface area contributed by atoms with E-state index in [1.807, 2.05) is 12.1 Å². The summed E-state index contributed by atoms with van der Waals surface area (Å²) in [5.74, 6) is 0.558. The molecule has 1 aliphatic heterocycles. The number of fused-ring (bicyclic) bond motifs is 3. The number of nitrogens with zero attached hydrogens (tertiary/aromatic N) is 4. The third-order valence-corrected chi connectivity index (χ3v) is 5.45. The Morgan fingerprint density at radius 2 is 1.96 bits per heavy atom. The molecule has 0 unspecified atom stereocenters. The van der Waals surface area contributed by atoms with Crippen molar-refractivity contribution in [3.63, 3.8) is 0 Å². The Labute approximate surface area is 164 Å². The van der Waals surface area contributed by atoms with Gasteiger partial charge in [-0.05, 0) is 30.5 Å². The van der Waals surface area contributed by atoms with Crippen LogP contribution in [0.15, 0.2) is 29.2 Å². The zero-order chi connectivity index (χ0) is 19.5. The van der Waals surface area contributed by atoms with Gasteiger partial charge in [-0.1, -0.05) is 25.5 Å². The Balaban J connectivity index is 1.62. The number of aromatic amines is 1. The van der Waals surface area contributed by atoms with Crippen LogP contribution in [0.4, 0.5) is 5.95 Å². The van der Waals surface area contributed by atoms with E-state index < -0.39 is 0 Å². The van der Waals surface area contributed by atoms with Crippen LogP contribution < -0.4 is 10.9 Å². The van der Waals surface area contributed by atoms with Gasteiger partial charge in [0.1, 0.15) is 5.65 Å². The first kappa shape index (κ1) is 18.8. The molecule has 0 spiro atoms. The summed E-state index contributed by atoms with van der Waals surface area (Å²) in [6.07, 6.45) is 3.97. The lowest BCUT2D eigenvalue weighted by Crippen LogP contribution is -2.43. The standard InChI is InChI=1S/C21H28N6O/c1-3-4-7-22-21-23-13-18-16-6-5-15(14-27-10-8-26(2)9-11-27)12-17(16)20(28)24-19(18)25-21/h5-6,12-13H,3-4,7-11,14H2,1-2H3,(H2,22,23,24,25,28). The summed E-state index contributed by atoms with van der Waals surface area (Å²) >= 11 is 0. The number of hydrogen-bond acceptors (Lipinski definition) is 6. The maximum atomic E-state index is 12.7. The molecule has 2 aromatic heterocycles. The smallest absolute Gasteiger partial charge is 0.257 e. The Hall–Kier alpha value is -2.51. The number of pyridine rings is 1. The zero-order valence-corrected chi connectivity index (χ0v) is 16.7. The van der Waals surface area contributed by atoms with Gasteiger partial charge < -0.3 is 15.2 Å². The molecule has 0 amide bonds. The van der Waals surface area contributed by atoms with E-state index in [1.54, 1.807) is 6.20 Å². The minimum absolute atomic E-state index is 0.0964. The Bertz CT molecular complexity index is 1020. The van der Waals surface area contributed by atoms with E-state index in [-0.39, 0.29) is 5.56 Å². The van der Waals surface area contributed by atoms with Crippen molar-refractivity contribution in [3.05, 3.63) is 40.3 Å². The van der Waals surface area contributed by atoms with Gasteiger partial charge in [0.2, 0.25) is 5.95 Å². The van der Waals surface area contributed by atoms with Crippen molar-refractivity contribution < 1.29 is 0 Å². The lowest BCUT2D eigenvalue weighted by atomic mass is 10.1. The van der Waals surface area contributed by atoms with Gasteiger partial charge >= 0.3 is 0 Å². The second-order valence-electron chi connectivity index (χ2n) is 7.65. The molecule has 0 bridgehead atoms. The molecule has 0 atom stereocenters. The number of aromatic nitrogens is 3. The van der Waals surface area contributed by atoms with Gasteiger partial charge in [-0.3, -0.25) is 9.69 Å². The van der Waals surface area contributed by atoms with Crippen molar-refractivity contribution in [2.75, 3.05) is 45.1 Å². The molecular weight excluding hydrogens is 352 g/mol. The SMILES string of the molecule is CCCCNc1ncc2c(n1)[nH]c(=O)c1cc(CN3CCN(C)CC3)ccc12. The summed E-state index contributed by atoms with van der Waals surface area (Å²) in [4.78, 5) is 29.3. The van der Waals surface area contributed by atoms with Crippen molar-refractivity contribution >= 4 is 27.8 Å². The molecule has 3 heterocycles. The maximum Gasteiger partial charge on any atom is 0.257 e. The predicted octanol–water partition coefficient (Wildman–Crippen LogP) is 2.43. The van der Waals surface area contributed by atoms with Crippen molar-refractivity contribution in [3.8, 4) is 0 Å². The van der Waals surface area contributed by atoms with Gasteiger partial charge in [-0.15, -0.1) is 0 Å². The third-order valence-electron chi connectivity index (χ3n) is 5.45. The van der Waals surface area contributed by atoms with E-state index in [0.29, 0.717) is 17.0 Å². The summed E-state index contributed by atoms with van der Waals surface area (Å²) in [5, 5.41) is 5.69. The average Bonchev–Trinajstić information content (AvgIpc) is 2.70. The monoisotopic (exact) mass is 380 g/mol. The number of piperazine rings is 1. The minimum Gasteiger partial charge on any atom is -0.354 e. The highest BCUT2D eigenvalue weighted by Crippen LogP contribution is 2.22. The molecule has 28 heavy (non-hydrogen) atoms. The minimum atomic E-state index is -0.0964. The van der Waals surface area contributed by atoms with Gasteiger partial charge in [-0.25, -0.2) is 4.98 Å². The van der Waals surface area contributed by atoms with E-state index in [0.717, 1.165) is 62.9 Å². The van der Waals surface area contributed by atoms with Gasteiger partial charge in [0.25, 0.3) is 5.56 Å². The summed E-state index contributed by atoms with van der Waals surface area (Å²) in [5.41, 5.74) is 1.65. The molecule has 2 N–H and O–H groups in total. The number of unbranched alkanes of at least 4 members (excludes halogenated alkanes) is 1. The number of rotatable bonds is 6. The van der Waals surface area contributed by atoms with Gasteiger partial charge in [0, 0.05) is 56.2 Å². The molecule has 0 radical (unpaired) electrons. The summed E-state index contributed by atoms with van der Waals surface area (Å²) in [6, 6.07) is 6.16. The number of benzene rings is 1. The number of anilines is 1. The fourth-order valence-electron chi connectivity index (χ4n) is 3.69. The van der Waals surface area contributed by atoms with Crippen molar-refractivity contribution in [1.29, 1.82) is 0 Å². The first-order valence-corrected chi connectivity index (χ1v) is 10.1. The molecule has 148 valence electrons. The third kappa shape index (κ3) is 4.00. The summed E-state index contributed by atoms with van der Waals surface area (Å²) in [6.45, 7) is 8.14. The topological polar surface area (TPSA) is 77.1 Å². The van der Waals surface area contributed by atoms with Crippen LogP contribution in [0, 0.1) is 0 Å². The molecule has 1 aliphatic rings. The molecule has 4 rings (SSSR count). The fourth-order valence-corrected chi connectivity index (χ4v) is 3.69. The number of nitrogens with one attached hydrogen (secondary N) is 2. The van der Waals surface area contributed by atoms with Crippen LogP contribution in [0.25, 0.3) is 21.8 Å². The second kappa shape index (κ2) is 8.24. The van der Waals surface area contributed by atoms with E-state index >= 15 is 0 Å². The van der Waals surface area contributed by atoms with Gasteiger partial charge in [-0.2, -0.15) is 4.98 Å². The average molecular weight is 380 g/mol. The van der Waals surface area contributed by atoms with E-state index in [2.05, 4.69) is 50.1 Å². The molecule has 0 saturated carbocycles. The molecule has 1 saturated heterocycles. The number of hydrogen-bond donors (Lipinski definition) is 2. The van der Waals surface area contributed by atoms with E-state index in [1.165, 1.54) is 5.56 Å². The molecule has 3 aromatic rings. The van der Waals surface area contributed by atoms with Gasteiger partial charge in [0.05, 0.1) is 0 Å². The lowest BCUT2D eigenvalue weighted by molar-refractivity contribution is 0.148. The van der Waals surface area contributed by atoms with Crippen LogP contribution in [0.2, 0.25) is 0 Å². The number of H-pyrrole nitrogens is 1. The summed E-state index contributed by atoms with van der Waals surface area (Å²) < 4.78 is 0. The van der Waals surface area contributed by atoms with Crippen LogP contribution in [0.5, 0.6) is 0 Å². The van der Waals surface area contributed by atoms with Crippen molar-refractivity contribution in [2.45, 2.75) is 26.3 Å². The first-order valence-electron chi connectivity index (χ1n) is 10.1. The maximum absolute atomic E-state index is 12.7. The molecule has 1 fully saturated rings. The quantitative estimate of drug-likeness (QED) is 0.505. The molecule has 0 aliphatic carbocycles. The lowest BCUT2D eigenvalue weighted by Gasteiger charge is -2.32. The van der Waals surface area contributed by atoms with Crippen LogP contribution >= 0.6 is 0 Å². The summed E-state index contributed by atoms with van der Waals surface area (Å²) in [7, 11) is 2.16. The van der Waals surface area contributed by atoms with Gasteiger partial charge in [0.15, 0.2) is 0 Å². The van der Waals surface area contributed by atoms with E-state index in [9.17, 15) is 4.79 Å². The molecule has 7 nitrogen and oxygen atoms in total. The van der Waals surface area contributed by atoms with Crippen molar-refractivity contribution in [2.24, 2.45) is 0 Å². The van der Waals surface area contributed by atoms with Crippen LogP contribution in [-0.4, -0.2) is 64.5 Å². The predicted molar refractivity (Wildman–Crippen MR) is 114 cm³/mol. The largest absolute Gasteiger partial charge is 0.354 e. The molecular formula is C21H28N6O. The van der Waals surface area contributed by atoms with Crippen LogP contribution in [-0.2, 0) is 6.54 Å². The highest BCUT2D eigenvalue weighted by atomic mass is 16.1. The van der Waals surface area contributed by atoms with Crippen molar-refractivity contribution in [1.82, 2.24) is 24.8 Å². The number of likely N-dealkylation sites (N-methyl/N-ethyl adjacent to an activating group) is 1. The normalized spacial score (nSPS) is 16.1. The molecule has 7 heteroatoms. The Morgan fingerprint density at radius 3 is 2.75 bits per heavy atom. The van der Waals surface area contributed by atoms with Crippen LogP contribution in [0.1, 0.15) is 25.3 Å². The van der Waals surface area contributed by atoms with E-state index in [4.69, 9.17) is 0 Å². The first-order chi connectivity index (χ1) is 13.6. The molecule has 1 aromatic carbocycles. The Kier molecular flexibility index (Phi) is 5.54. The zero-order valence-electron chi connectivity index (χ0n) is 16.7. The Morgan fingerprint density at radius 1 is 1.14 bits per heavy atom. The fraction of sp³-hybridized carbons (Fsp3) is 0.476. The highest BCUT2D eigenvalue weighted by Gasteiger charge is 2.15.